The molecule has 1 fully saturated rings. The predicted molar refractivity (Wildman–Crippen MR) is 111 cm³/mol. The first kappa shape index (κ1) is 18.0. The number of benzene rings is 2. The molecule has 0 spiro atoms. The highest BCUT2D eigenvalue weighted by Gasteiger charge is 2.22. The molecule has 0 bridgehead atoms. The first-order valence-electron chi connectivity index (χ1n) is 9.46. The van der Waals surface area contributed by atoms with Crippen molar-refractivity contribution in [2.24, 2.45) is 0 Å². The van der Waals surface area contributed by atoms with Crippen LogP contribution in [0.5, 0.6) is 0 Å². The molecule has 0 unspecified atom stereocenters. The Balaban J connectivity index is 1.34. The lowest BCUT2D eigenvalue weighted by atomic mass is 10.1. The summed E-state index contributed by atoms with van der Waals surface area (Å²) in [5, 5.41) is 11.7. The number of piperazine rings is 1. The zero-order valence-corrected chi connectivity index (χ0v) is 15.9. The molecule has 1 aliphatic rings. The summed E-state index contributed by atoms with van der Waals surface area (Å²) < 4.78 is 0. The van der Waals surface area contributed by atoms with Gasteiger partial charge in [-0.2, -0.15) is 0 Å². The Hall–Kier alpha value is -3.41. The summed E-state index contributed by atoms with van der Waals surface area (Å²) in [6, 6.07) is 21.7. The molecule has 142 valence electrons. The monoisotopic (exact) mass is 373 g/mol. The van der Waals surface area contributed by atoms with Crippen molar-refractivity contribution >= 4 is 17.5 Å². The van der Waals surface area contributed by atoms with Gasteiger partial charge in [-0.3, -0.25) is 0 Å². The molecular weight excluding hydrogens is 350 g/mol. The second-order valence-corrected chi connectivity index (χ2v) is 6.91. The van der Waals surface area contributed by atoms with E-state index >= 15 is 0 Å². The lowest BCUT2D eigenvalue weighted by Gasteiger charge is -2.35. The number of hydrogen-bond donors (Lipinski definition) is 1. The number of aryl methyl sites for hydroxylation is 1. The number of rotatable bonds is 3. The molecule has 6 nitrogen and oxygen atoms in total. The van der Waals surface area contributed by atoms with E-state index in [9.17, 15) is 4.79 Å². The number of carbonyl (C=O) groups excluding carboxylic acids is 1. The molecular formula is C22H23N5O. The molecule has 1 aliphatic heterocycles. The third kappa shape index (κ3) is 4.11. The molecule has 1 N–H and O–H groups in total. The Kier molecular flexibility index (Phi) is 5.19. The number of carbonyl (C=O) groups is 1. The maximum Gasteiger partial charge on any atom is 0.321 e. The van der Waals surface area contributed by atoms with E-state index in [1.807, 2.05) is 47.4 Å². The number of anilines is 2. The Bertz CT molecular complexity index is 917. The lowest BCUT2D eigenvalue weighted by Crippen LogP contribution is -2.50. The maximum atomic E-state index is 12.4. The van der Waals surface area contributed by atoms with E-state index in [0.717, 1.165) is 35.9 Å². The van der Waals surface area contributed by atoms with E-state index in [4.69, 9.17) is 0 Å². The van der Waals surface area contributed by atoms with E-state index in [1.165, 1.54) is 5.56 Å². The van der Waals surface area contributed by atoms with E-state index in [0.29, 0.717) is 13.1 Å². The molecule has 0 radical (unpaired) electrons. The van der Waals surface area contributed by atoms with Crippen molar-refractivity contribution in [3.8, 4) is 11.3 Å². The van der Waals surface area contributed by atoms with Crippen molar-refractivity contribution < 1.29 is 4.79 Å². The van der Waals surface area contributed by atoms with Gasteiger partial charge in [0.1, 0.15) is 0 Å². The van der Waals surface area contributed by atoms with Gasteiger partial charge in [0.2, 0.25) is 0 Å². The van der Waals surface area contributed by atoms with Crippen molar-refractivity contribution in [2.75, 3.05) is 36.4 Å². The summed E-state index contributed by atoms with van der Waals surface area (Å²) in [6.07, 6.45) is 0. The summed E-state index contributed by atoms with van der Waals surface area (Å²) in [4.78, 5) is 16.4. The largest absolute Gasteiger partial charge is 0.352 e. The molecule has 2 aromatic carbocycles. The van der Waals surface area contributed by atoms with Gasteiger partial charge in [-0.25, -0.2) is 4.79 Å². The van der Waals surface area contributed by atoms with Crippen LogP contribution in [-0.4, -0.2) is 47.3 Å². The molecule has 28 heavy (non-hydrogen) atoms. The van der Waals surface area contributed by atoms with E-state index in [2.05, 4.69) is 51.6 Å². The molecule has 1 saturated heterocycles. The summed E-state index contributed by atoms with van der Waals surface area (Å²) in [6.45, 7) is 4.85. The van der Waals surface area contributed by atoms with Crippen molar-refractivity contribution in [1.29, 1.82) is 0 Å². The van der Waals surface area contributed by atoms with Gasteiger partial charge in [0.05, 0.1) is 5.69 Å². The molecule has 2 heterocycles. The molecule has 6 heteroatoms. The zero-order valence-electron chi connectivity index (χ0n) is 15.9. The number of hydrogen-bond acceptors (Lipinski definition) is 4. The fourth-order valence-electron chi connectivity index (χ4n) is 3.23. The third-order valence-electron chi connectivity index (χ3n) is 4.91. The molecule has 0 aliphatic carbocycles. The number of para-hydroxylation sites is 1. The van der Waals surface area contributed by atoms with Crippen molar-refractivity contribution in [2.45, 2.75) is 6.92 Å². The summed E-state index contributed by atoms with van der Waals surface area (Å²) >= 11 is 0. The van der Waals surface area contributed by atoms with Gasteiger partial charge in [0, 0.05) is 37.4 Å². The van der Waals surface area contributed by atoms with E-state index < -0.39 is 0 Å². The zero-order chi connectivity index (χ0) is 19.3. The Morgan fingerprint density at radius 2 is 1.57 bits per heavy atom. The topological polar surface area (TPSA) is 61.4 Å². The minimum Gasteiger partial charge on any atom is -0.352 e. The van der Waals surface area contributed by atoms with Crippen LogP contribution in [-0.2, 0) is 0 Å². The van der Waals surface area contributed by atoms with Crippen LogP contribution in [0.1, 0.15) is 5.56 Å². The number of urea groups is 1. The van der Waals surface area contributed by atoms with Crippen LogP contribution in [0.3, 0.4) is 0 Å². The number of nitrogens with zero attached hydrogens (tertiary/aromatic N) is 4. The van der Waals surface area contributed by atoms with Crippen LogP contribution >= 0.6 is 0 Å². The predicted octanol–water partition coefficient (Wildman–Crippen LogP) is 3.81. The molecule has 0 saturated carbocycles. The number of nitrogens with one attached hydrogen (secondary N) is 1. The smallest absolute Gasteiger partial charge is 0.321 e. The van der Waals surface area contributed by atoms with Gasteiger partial charge in [-0.05, 0) is 31.2 Å². The van der Waals surface area contributed by atoms with Crippen molar-refractivity contribution in [3.63, 3.8) is 0 Å². The summed E-state index contributed by atoms with van der Waals surface area (Å²) in [7, 11) is 0. The van der Waals surface area contributed by atoms with Gasteiger partial charge >= 0.3 is 6.03 Å². The maximum absolute atomic E-state index is 12.4. The summed E-state index contributed by atoms with van der Waals surface area (Å²) in [5.41, 5.74) is 3.96. The van der Waals surface area contributed by atoms with Gasteiger partial charge in [0.25, 0.3) is 0 Å². The molecule has 3 aromatic rings. The number of amides is 2. The fourth-order valence-corrected chi connectivity index (χ4v) is 3.23. The highest BCUT2D eigenvalue weighted by atomic mass is 16.2. The standard InChI is InChI=1S/C22H23N5O/c1-17-7-9-18(10-8-17)20-11-12-21(25-24-20)26-13-15-27(16-14-26)22(28)23-19-5-3-2-4-6-19/h2-12H,13-16H2,1H3,(H,23,28). The van der Waals surface area contributed by atoms with Crippen molar-refractivity contribution in [3.05, 3.63) is 72.3 Å². The average Bonchev–Trinajstić information content (AvgIpc) is 2.75. The van der Waals surface area contributed by atoms with Crippen LogP contribution in [0, 0.1) is 6.92 Å². The van der Waals surface area contributed by atoms with Gasteiger partial charge in [0.15, 0.2) is 5.82 Å². The van der Waals surface area contributed by atoms with Crippen LogP contribution in [0.15, 0.2) is 66.7 Å². The SMILES string of the molecule is Cc1ccc(-c2ccc(N3CCN(C(=O)Nc4ccccc4)CC3)nn2)cc1. The normalized spacial score (nSPS) is 14.0. The number of aromatic nitrogens is 2. The van der Waals surface area contributed by atoms with Crippen LogP contribution in [0.4, 0.5) is 16.3 Å². The summed E-state index contributed by atoms with van der Waals surface area (Å²) in [5.74, 6) is 0.846. The average molecular weight is 373 g/mol. The van der Waals surface area contributed by atoms with E-state index in [1.54, 1.807) is 0 Å². The van der Waals surface area contributed by atoms with Crippen LogP contribution in [0.2, 0.25) is 0 Å². The minimum atomic E-state index is -0.0633. The van der Waals surface area contributed by atoms with Crippen molar-refractivity contribution in [1.82, 2.24) is 15.1 Å². The molecule has 1 aromatic heterocycles. The Morgan fingerprint density at radius 3 is 2.21 bits per heavy atom. The first-order chi connectivity index (χ1) is 13.7. The first-order valence-corrected chi connectivity index (χ1v) is 9.46. The second kappa shape index (κ2) is 8.08. The van der Waals surface area contributed by atoms with Gasteiger partial charge in [-0.15, -0.1) is 10.2 Å². The molecule has 2 amide bonds. The highest BCUT2D eigenvalue weighted by molar-refractivity contribution is 5.89. The Morgan fingerprint density at radius 1 is 0.857 bits per heavy atom. The second-order valence-electron chi connectivity index (χ2n) is 6.91. The van der Waals surface area contributed by atoms with Gasteiger partial charge < -0.3 is 15.1 Å². The van der Waals surface area contributed by atoms with Crippen LogP contribution in [0.25, 0.3) is 11.3 Å². The van der Waals surface area contributed by atoms with E-state index in [-0.39, 0.29) is 6.03 Å². The fraction of sp³-hybridized carbons (Fsp3) is 0.227. The quantitative estimate of drug-likeness (QED) is 0.758. The lowest BCUT2D eigenvalue weighted by molar-refractivity contribution is 0.208. The highest BCUT2D eigenvalue weighted by Crippen LogP contribution is 2.20. The van der Waals surface area contributed by atoms with Crippen LogP contribution < -0.4 is 10.2 Å². The Labute approximate surface area is 164 Å². The molecule has 0 atom stereocenters. The minimum absolute atomic E-state index is 0.0633. The third-order valence-corrected chi connectivity index (χ3v) is 4.91. The molecule has 4 rings (SSSR count). The van der Waals surface area contributed by atoms with Gasteiger partial charge in [-0.1, -0.05) is 48.0 Å².